The lowest BCUT2D eigenvalue weighted by molar-refractivity contribution is 0.0718. The Kier molecular flexibility index (Phi) is 5.18. The zero-order valence-electron chi connectivity index (χ0n) is 14.0. The van der Waals surface area contributed by atoms with Crippen molar-refractivity contribution < 1.29 is 9.53 Å². The summed E-state index contributed by atoms with van der Waals surface area (Å²) in [5.74, 6) is -0.124. The van der Waals surface area contributed by atoms with Crippen molar-refractivity contribution in [2.24, 2.45) is 0 Å². The Morgan fingerprint density at radius 1 is 1.20 bits per heavy atom. The molecule has 2 heterocycles. The Morgan fingerprint density at radius 3 is 2.76 bits per heavy atom. The van der Waals surface area contributed by atoms with Crippen LogP contribution in [-0.4, -0.2) is 28.7 Å². The predicted molar refractivity (Wildman–Crippen MR) is 96.2 cm³/mol. The molecule has 0 radical (unpaired) electrons. The van der Waals surface area contributed by atoms with Crippen molar-refractivity contribution in [3.05, 3.63) is 76.7 Å². The minimum absolute atomic E-state index is 0.0808. The standard InChI is InChI=1S/C19H21N3O3/c1-2-3-7-11-21-14-20-22-12-10-16(23)18(17(22)19(21)24)25-13-15-8-5-4-6-9-15/h2,4-6,8-10,12,20H,1,3,7,11,13-14H2. The van der Waals surface area contributed by atoms with E-state index in [2.05, 4.69) is 12.0 Å². The fraction of sp³-hybridized carbons (Fsp3) is 0.263. The smallest absolute Gasteiger partial charge is 0.277 e. The number of aromatic nitrogens is 1. The van der Waals surface area contributed by atoms with Gasteiger partial charge in [0.15, 0.2) is 11.4 Å². The van der Waals surface area contributed by atoms with E-state index in [4.69, 9.17) is 4.74 Å². The van der Waals surface area contributed by atoms with Gasteiger partial charge in [0.2, 0.25) is 5.43 Å². The van der Waals surface area contributed by atoms with Gasteiger partial charge in [-0.2, -0.15) is 0 Å². The summed E-state index contributed by atoms with van der Waals surface area (Å²) in [6, 6.07) is 10.9. The third kappa shape index (κ3) is 3.74. The molecule has 1 amide bonds. The van der Waals surface area contributed by atoms with E-state index in [9.17, 15) is 9.59 Å². The Hall–Kier alpha value is -3.02. The van der Waals surface area contributed by atoms with Gasteiger partial charge in [0.25, 0.3) is 5.91 Å². The lowest BCUT2D eigenvalue weighted by atomic mass is 10.2. The van der Waals surface area contributed by atoms with E-state index in [0.717, 1.165) is 18.4 Å². The number of allylic oxidation sites excluding steroid dienone is 1. The Morgan fingerprint density at radius 2 is 2.00 bits per heavy atom. The van der Waals surface area contributed by atoms with Crippen LogP contribution in [-0.2, 0) is 6.61 Å². The molecule has 1 aromatic heterocycles. The van der Waals surface area contributed by atoms with Crippen molar-refractivity contribution >= 4 is 5.91 Å². The monoisotopic (exact) mass is 339 g/mol. The maximum absolute atomic E-state index is 12.8. The molecule has 1 aliphatic heterocycles. The summed E-state index contributed by atoms with van der Waals surface area (Å²) >= 11 is 0. The van der Waals surface area contributed by atoms with Gasteiger partial charge in [-0.15, -0.1) is 6.58 Å². The second kappa shape index (κ2) is 7.70. The molecule has 0 aliphatic carbocycles. The van der Waals surface area contributed by atoms with Gasteiger partial charge in [0.05, 0.1) is 0 Å². The van der Waals surface area contributed by atoms with Gasteiger partial charge in [0, 0.05) is 18.8 Å². The number of pyridine rings is 1. The van der Waals surface area contributed by atoms with Gasteiger partial charge < -0.3 is 15.1 Å². The van der Waals surface area contributed by atoms with Crippen LogP contribution in [0.2, 0.25) is 0 Å². The third-order valence-corrected chi connectivity index (χ3v) is 4.04. The van der Waals surface area contributed by atoms with Crippen LogP contribution >= 0.6 is 0 Å². The molecule has 1 aromatic carbocycles. The Balaban J connectivity index is 1.84. The minimum atomic E-state index is -0.301. The molecular weight excluding hydrogens is 318 g/mol. The number of ether oxygens (including phenoxy) is 1. The summed E-state index contributed by atoms with van der Waals surface area (Å²) in [6.07, 6.45) is 5.05. The molecule has 0 saturated carbocycles. The van der Waals surface area contributed by atoms with Crippen LogP contribution in [0.4, 0.5) is 0 Å². The van der Waals surface area contributed by atoms with Gasteiger partial charge in [-0.1, -0.05) is 36.4 Å². The van der Waals surface area contributed by atoms with Crippen LogP contribution in [0.25, 0.3) is 0 Å². The van der Waals surface area contributed by atoms with Crippen molar-refractivity contribution in [3.8, 4) is 5.75 Å². The number of rotatable bonds is 7. The maximum atomic E-state index is 12.8. The van der Waals surface area contributed by atoms with Crippen molar-refractivity contribution in [2.75, 3.05) is 18.6 Å². The fourth-order valence-electron chi connectivity index (χ4n) is 2.71. The van der Waals surface area contributed by atoms with Crippen molar-refractivity contribution in [1.82, 2.24) is 9.58 Å². The number of fused-ring (bicyclic) bond motifs is 1. The SMILES string of the molecule is C=CCCCN1CNn2ccc(=O)c(OCc3ccccc3)c2C1=O. The van der Waals surface area contributed by atoms with Gasteiger partial charge in [-0.25, -0.2) is 0 Å². The highest BCUT2D eigenvalue weighted by atomic mass is 16.5. The van der Waals surface area contributed by atoms with E-state index in [1.807, 2.05) is 36.4 Å². The molecule has 1 aliphatic rings. The minimum Gasteiger partial charge on any atom is -0.482 e. The molecule has 2 aromatic rings. The first-order valence-electron chi connectivity index (χ1n) is 8.27. The lowest BCUT2D eigenvalue weighted by Gasteiger charge is -2.31. The molecule has 130 valence electrons. The van der Waals surface area contributed by atoms with E-state index >= 15 is 0 Å². The molecule has 6 heteroatoms. The fourth-order valence-corrected chi connectivity index (χ4v) is 2.71. The molecule has 3 rings (SSSR count). The first-order chi connectivity index (χ1) is 12.2. The summed E-state index contributed by atoms with van der Waals surface area (Å²) in [5, 5.41) is 0. The van der Waals surface area contributed by atoms with Crippen LogP contribution in [0.15, 0.2) is 60.0 Å². The quantitative estimate of drug-likeness (QED) is 0.621. The molecule has 25 heavy (non-hydrogen) atoms. The highest BCUT2D eigenvalue weighted by molar-refractivity contribution is 5.96. The van der Waals surface area contributed by atoms with Crippen molar-refractivity contribution in [3.63, 3.8) is 0 Å². The summed E-state index contributed by atoms with van der Waals surface area (Å²) in [4.78, 5) is 26.8. The predicted octanol–water partition coefficient (Wildman–Crippen LogP) is 2.35. The van der Waals surface area contributed by atoms with E-state index < -0.39 is 0 Å². The number of unbranched alkanes of at least 4 members (excludes halogenated alkanes) is 1. The Bertz CT molecular complexity index is 814. The number of nitrogens with one attached hydrogen (secondary N) is 1. The second-order valence-electron chi connectivity index (χ2n) is 5.82. The van der Waals surface area contributed by atoms with E-state index in [1.165, 1.54) is 6.07 Å². The van der Waals surface area contributed by atoms with E-state index in [1.54, 1.807) is 15.8 Å². The van der Waals surface area contributed by atoms with E-state index in [0.29, 0.717) is 13.2 Å². The van der Waals surface area contributed by atoms with E-state index in [-0.39, 0.29) is 29.4 Å². The summed E-state index contributed by atoms with van der Waals surface area (Å²) < 4.78 is 7.29. The zero-order valence-corrected chi connectivity index (χ0v) is 14.0. The second-order valence-corrected chi connectivity index (χ2v) is 5.82. The van der Waals surface area contributed by atoms with Crippen molar-refractivity contribution in [1.29, 1.82) is 0 Å². The number of carbonyl (C=O) groups is 1. The van der Waals surface area contributed by atoms with Gasteiger partial charge in [0.1, 0.15) is 13.3 Å². The molecule has 0 bridgehead atoms. The highest BCUT2D eigenvalue weighted by Gasteiger charge is 2.28. The Labute approximate surface area is 146 Å². The number of hydrogen-bond acceptors (Lipinski definition) is 4. The highest BCUT2D eigenvalue weighted by Crippen LogP contribution is 2.19. The molecule has 0 unspecified atom stereocenters. The van der Waals surface area contributed by atoms with Crippen molar-refractivity contribution in [2.45, 2.75) is 19.4 Å². The lowest BCUT2D eigenvalue weighted by Crippen LogP contribution is -2.47. The number of benzene rings is 1. The first-order valence-corrected chi connectivity index (χ1v) is 8.27. The van der Waals surface area contributed by atoms with Crippen LogP contribution in [0.3, 0.4) is 0 Å². The topological polar surface area (TPSA) is 63.6 Å². The summed E-state index contributed by atoms with van der Waals surface area (Å²) in [6.45, 7) is 4.91. The average Bonchev–Trinajstić information content (AvgIpc) is 2.64. The average molecular weight is 339 g/mol. The van der Waals surface area contributed by atoms with Crippen LogP contribution in [0.5, 0.6) is 5.75 Å². The van der Waals surface area contributed by atoms with Crippen LogP contribution in [0.1, 0.15) is 28.9 Å². The summed E-state index contributed by atoms with van der Waals surface area (Å²) in [5.41, 5.74) is 3.99. The molecule has 1 N–H and O–H groups in total. The zero-order chi connectivity index (χ0) is 17.6. The first kappa shape index (κ1) is 16.8. The van der Waals surface area contributed by atoms with Gasteiger partial charge in [-0.3, -0.25) is 14.3 Å². The summed E-state index contributed by atoms with van der Waals surface area (Å²) in [7, 11) is 0. The number of hydrogen-bond donors (Lipinski definition) is 1. The number of carbonyl (C=O) groups excluding carboxylic acids is 1. The van der Waals surface area contributed by atoms with Crippen LogP contribution in [0, 0.1) is 0 Å². The molecular formula is C19H21N3O3. The largest absolute Gasteiger partial charge is 0.482 e. The molecule has 0 fully saturated rings. The molecule has 0 saturated heterocycles. The normalized spacial score (nSPS) is 13.1. The number of amides is 1. The molecule has 0 spiro atoms. The third-order valence-electron chi connectivity index (χ3n) is 4.04. The maximum Gasteiger partial charge on any atom is 0.277 e. The van der Waals surface area contributed by atoms with Gasteiger partial charge in [-0.05, 0) is 18.4 Å². The van der Waals surface area contributed by atoms with Crippen LogP contribution < -0.4 is 15.6 Å². The number of nitrogens with zero attached hydrogens (tertiary/aromatic N) is 2. The van der Waals surface area contributed by atoms with Gasteiger partial charge >= 0.3 is 0 Å². The molecule has 6 nitrogen and oxygen atoms in total. The molecule has 0 atom stereocenters.